The van der Waals surface area contributed by atoms with Gasteiger partial charge in [-0.2, -0.15) is 0 Å². The van der Waals surface area contributed by atoms with E-state index in [0.29, 0.717) is 6.54 Å². The molecule has 0 radical (unpaired) electrons. The highest BCUT2D eigenvalue weighted by Gasteiger charge is 2.14. The number of aliphatic hydroxyl groups excluding tert-OH is 1. The van der Waals surface area contributed by atoms with Gasteiger partial charge in [0, 0.05) is 17.7 Å². The van der Waals surface area contributed by atoms with Crippen molar-refractivity contribution in [2.24, 2.45) is 0 Å². The molecule has 0 heterocycles. The summed E-state index contributed by atoms with van der Waals surface area (Å²) in [5, 5.41) is 21.2. The lowest BCUT2D eigenvalue weighted by molar-refractivity contribution is -0.0429. The SMILES string of the molecule is O=C(NCc1ccccc1)c1ccccc1C(O)O. The van der Waals surface area contributed by atoms with E-state index in [-0.39, 0.29) is 17.0 Å². The third-order valence-electron chi connectivity index (χ3n) is 2.78. The van der Waals surface area contributed by atoms with Crippen LogP contribution in [-0.2, 0) is 6.54 Å². The number of carbonyl (C=O) groups excluding carboxylic acids is 1. The van der Waals surface area contributed by atoms with Crippen LogP contribution in [0.15, 0.2) is 54.6 Å². The van der Waals surface area contributed by atoms with Crippen molar-refractivity contribution in [3.63, 3.8) is 0 Å². The van der Waals surface area contributed by atoms with E-state index in [1.54, 1.807) is 18.2 Å². The highest BCUT2D eigenvalue weighted by molar-refractivity contribution is 5.95. The van der Waals surface area contributed by atoms with Gasteiger partial charge in [-0.15, -0.1) is 0 Å². The molecule has 0 aliphatic carbocycles. The van der Waals surface area contributed by atoms with Crippen molar-refractivity contribution in [1.82, 2.24) is 5.32 Å². The lowest BCUT2D eigenvalue weighted by atomic mass is 10.1. The van der Waals surface area contributed by atoms with Gasteiger partial charge in [0.1, 0.15) is 0 Å². The molecule has 4 nitrogen and oxygen atoms in total. The van der Waals surface area contributed by atoms with Crippen molar-refractivity contribution in [3.05, 3.63) is 71.3 Å². The summed E-state index contributed by atoms with van der Waals surface area (Å²) in [6.45, 7) is 0.398. The molecule has 0 unspecified atom stereocenters. The van der Waals surface area contributed by atoms with Crippen LogP contribution >= 0.6 is 0 Å². The Labute approximate surface area is 111 Å². The van der Waals surface area contributed by atoms with Gasteiger partial charge < -0.3 is 15.5 Å². The predicted molar refractivity (Wildman–Crippen MR) is 71.2 cm³/mol. The van der Waals surface area contributed by atoms with Crippen molar-refractivity contribution in [2.45, 2.75) is 12.8 Å². The zero-order valence-corrected chi connectivity index (χ0v) is 10.3. The van der Waals surface area contributed by atoms with Crippen molar-refractivity contribution in [2.75, 3.05) is 0 Å². The summed E-state index contributed by atoms with van der Waals surface area (Å²) in [6, 6.07) is 15.9. The van der Waals surface area contributed by atoms with Crippen LogP contribution in [0, 0.1) is 0 Å². The second-order valence-electron chi connectivity index (χ2n) is 4.13. The summed E-state index contributed by atoms with van der Waals surface area (Å²) in [5.74, 6) is -0.326. The number of amides is 1. The van der Waals surface area contributed by atoms with Crippen LogP contribution < -0.4 is 5.32 Å². The molecule has 19 heavy (non-hydrogen) atoms. The van der Waals surface area contributed by atoms with E-state index in [9.17, 15) is 15.0 Å². The fraction of sp³-hybridized carbons (Fsp3) is 0.133. The molecular weight excluding hydrogens is 242 g/mol. The van der Waals surface area contributed by atoms with Gasteiger partial charge in [-0.25, -0.2) is 0 Å². The van der Waals surface area contributed by atoms with Crippen molar-refractivity contribution >= 4 is 5.91 Å². The largest absolute Gasteiger partial charge is 0.364 e. The van der Waals surface area contributed by atoms with Gasteiger partial charge in [0.2, 0.25) is 0 Å². The molecule has 1 amide bonds. The van der Waals surface area contributed by atoms with Gasteiger partial charge >= 0.3 is 0 Å². The van der Waals surface area contributed by atoms with Crippen LogP contribution in [0.25, 0.3) is 0 Å². The summed E-state index contributed by atoms with van der Waals surface area (Å²) in [4.78, 5) is 12.0. The average molecular weight is 257 g/mol. The van der Waals surface area contributed by atoms with Gasteiger partial charge in [0.15, 0.2) is 6.29 Å². The number of hydrogen-bond acceptors (Lipinski definition) is 3. The molecule has 0 spiro atoms. The van der Waals surface area contributed by atoms with E-state index in [1.165, 1.54) is 6.07 Å². The number of hydrogen-bond donors (Lipinski definition) is 3. The Balaban J connectivity index is 2.08. The Kier molecular flexibility index (Phi) is 4.28. The first-order chi connectivity index (χ1) is 9.18. The molecule has 0 atom stereocenters. The maximum atomic E-state index is 12.0. The highest BCUT2D eigenvalue weighted by Crippen LogP contribution is 2.15. The molecule has 98 valence electrons. The van der Waals surface area contributed by atoms with Crippen molar-refractivity contribution in [1.29, 1.82) is 0 Å². The van der Waals surface area contributed by atoms with Gasteiger partial charge in [0.05, 0.1) is 0 Å². The molecule has 2 aromatic carbocycles. The summed E-state index contributed by atoms with van der Waals surface area (Å²) in [5.41, 5.74) is 1.46. The maximum Gasteiger partial charge on any atom is 0.252 e. The molecule has 2 aromatic rings. The van der Waals surface area contributed by atoms with Crippen LogP contribution in [0.5, 0.6) is 0 Å². The minimum absolute atomic E-state index is 0.202. The number of benzene rings is 2. The van der Waals surface area contributed by atoms with Crippen LogP contribution in [0.2, 0.25) is 0 Å². The molecule has 0 saturated heterocycles. The second kappa shape index (κ2) is 6.13. The van der Waals surface area contributed by atoms with E-state index >= 15 is 0 Å². The molecule has 0 aliphatic rings. The topological polar surface area (TPSA) is 69.6 Å². The van der Waals surface area contributed by atoms with E-state index in [4.69, 9.17) is 0 Å². The zero-order valence-electron chi connectivity index (χ0n) is 10.3. The van der Waals surface area contributed by atoms with Crippen molar-refractivity contribution in [3.8, 4) is 0 Å². The monoisotopic (exact) mass is 257 g/mol. The van der Waals surface area contributed by atoms with Crippen molar-refractivity contribution < 1.29 is 15.0 Å². The molecule has 0 saturated carbocycles. The Bertz CT molecular complexity index is 552. The highest BCUT2D eigenvalue weighted by atomic mass is 16.5. The van der Waals surface area contributed by atoms with Gasteiger partial charge in [-0.3, -0.25) is 4.79 Å². The Hall–Kier alpha value is -2.17. The molecule has 0 bridgehead atoms. The summed E-state index contributed by atoms with van der Waals surface area (Å²) >= 11 is 0. The number of rotatable bonds is 4. The van der Waals surface area contributed by atoms with Gasteiger partial charge in [0.25, 0.3) is 5.91 Å². The summed E-state index contributed by atoms with van der Waals surface area (Å²) < 4.78 is 0. The molecule has 3 N–H and O–H groups in total. The number of carbonyl (C=O) groups is 1. The van der Waals surface area contributed by atoms with E-state index < -0.39 is 6.29 Å². The fourth-order valence-corrected chi connectivity index (χ4v) is 1.80. The van der Waals surface area contributed by atoms with E-state index in [2.05, 4.69) is 5.32 Å². The zero-order chi connectivity index (χ0) is 13.7. The second-order valence-corrected chi connectivity index (χ2v) is 4.13. The maximum absolute atomic E-state index is 12.0. The first-order valence-electron chi connectivity index (χ1n) is 5.95. The first kappa shape index (κ1) is 13.3. The molecule has 4 heteroatoms. The summed E-state index contributed by atoms with van der Waals surface area (Å²) in [7, 11) is 0. The average Bonchev–Trinajstić information content (AvgIpc) is 2.46. The Morgan fingerprint density at radius 1 is 1.00 bits per heavy atom. The van der Waals surface area contributed by atoms with Crippen LogP contribution in [0.4, 0.5) is 0 Å². The minimum atomic E-state index is -1.65. The summed E-state index contributed by atoms with van der Waals surface area (Å²) in [6.07, 6.45) is -1.65. The molecular formula is C15H15NO3. The Morgan fingerprint density at radius 2 is 1.63 bits per heavy atom. The lowest BCUT2D eigenvalue weighted by Crippen LogP contribution is -2.24. The third kappa shape index (κ3) is 3.40. The van der Waals surface area contributed by atoms with Gasteiger partial charge in [-0.05, 0) is 11.6 Å². The predicted octanol–water partition coefficient (Wildman–Crippen LogP) is 1.60. The Morgan fingerprint density at radius 3 is 2.32 bits per heavy atom. The van der Waals surface area contributed by atoms with Crippen LogP contribution in [0.3, 0.4) is 0 Å². The fourth-order valence-electron chi connectivity index (χ4n) is 1.80. The van der Waals surface area contributed by atoms with E-state index in [0.717, 1.165) is 5.56 Å². The molecule has 0 aliphatic heterocycles. The first-order valence-corrected chi connectivity index (χ1v) is 5.95. The molecule has 0 fully saturated rings. The number of nitrogens with one attached hydrogen (secondary N) is 1. The van der Waals surface area contributed by atoms with E-state index in [1.807, 2.05) is 30.3 Å². The normalized spacial score (nSPS) is 10.5. The minimum Gasteiger partial charge on any atom is -0.364 e. The molecule has 2 rings (SSSR count). The van der Waals surface area contributed by atoms with Gasteiger partial charge in [-0.1, -0.05) is 48.5 Å². The standard InChI is InChI=1S/C15H15NO3/c17-14(16-10-11-6-2-1-3-7-11)12-8-4-5-9-13(12)15(18)19/h1-9,15,18-19H,10H2,(H,16,17). The smallest absolute Gasteiger partial charge is 0.252 e. The van der Waals surface area contributed by atoms with Crippen LogP contribution in [0.1, 0.15) is 27.8 Å². The quantitative estimate of drug-likeness (QED) is 0.729. The lowest BCUT2D eigenvalue weighted by Gasteiger charge is -2.11. The number of aliphatic hydroxyl groups is 2. The molecule has 0 aromatic heterocycles. The van der Waals surface area contributed by atoms with Crippen LogP contribution in [-0.4, -0.2) is 16.1 Å². The third-order valence-corrected chi connectivity index (χ3v) is 2.78.